The van der Waals surface area contributed by atoms with E-state index >= 15 is 0 Å². The Hall–Kier alpha value is -1.40. The van der Waals surface area contributed by atoms with Gasteiger partial charge in [0.15, 0.2) is 0 Å². The van der Waals surface area contributed by atoms with E-state index in [4.69, 9.17) is 10.6 Å². The number of nitrogens with two attached hydrogens (primary N) is 1. The molecule has 0 aliphatic carbocycles. The number of rotatable bonds is 3. The number of piperidine rings is 1. The van der Waals surface area contributed by atoms with Gasteiger partial charge in [0, 0.05) is 25.4 Å². The Morgan fingerprint density at radius 2 is 2.25 bits per heavy atom. The summed E-state index contributed by atoms with van der Waals surface area (Å²) < 4.78 is 5.77. The molecule has 1 aromatic rings. The lowest BCUT2D eigenvalue weighted by molar-refractivity contribution is 0.110. The molecule has 0 atom stereocenters. The van der Waals surface area contributed by atoms with Gasteiger partial charge in [0.05, 0.1) is 0 Å². The highest BCUT2D eigenvalue weighted by Gasteiger charge is 2.18. The van der Waals surface area contributed by atoms with Crippen LogP contribution in [-0.2, 0) is 0 Å². The summed E-state index contributed by atoms with van der Waals surface area (Å²) in [7, 11) is 2.12. The van der Waals surface area contributed by atoms with Crippen LogP contribution in [0.5, 0.6) is 5.88 Å². The van der Waals surface area contributed by atoms with Crippen LogP contribution in [0.4, 0.5) is 5.95 Å². The highest BCUT2D eigenvalue weighted by molar-refractivity contribution is 5.25. The molecule has 1 aromatic heterocycles. The topological polar surface area (TPSA) is 76.3 Å². The van der Waals surface area contributed by atoms with Crippen LogP contribution < -0.4 is 16.0 Å². The fourth-order valence-electron chi connectivity index (χ4n) is 1.75. The van der Waals surface area contributed by atoms with Crippen molar-refractivity contribution in [3.63, 3.8) is 0 Å². The molecule has 16 heavy (non-hydrogen) atoms. The fraction of sp³-hybridized carbons (Fsp3) is 0.600. The molecule has 0 spiro atoms. The van der Waals surface area contributed by atoms with E-state index < -0.39 is 0 Å². The van der Waals surface area contributed by atoms with E-state index in [1.807, 2.05) is 0 Å². The highest BCUT2D eigenvalue weighted by atomic mass is 16.5. The minimum absolute atomic E-state index is 0.247. The third kappa shape index (κ3) is 2.80. The first-order chi connectivity index (χ1) is 7.78. The first-order valence-electron chi connectivity index (χ1n) is 5.43. The van der Waals surface area contributed by atoms with Crippen molar-refractivity contribution in [3.8, 4) is 5.88 Å². The molecule has 1 fully saturated rings. The predicted molar refractivity (Wildman–Crippen MR) is 61.0 cm³/mol. The minimum atomic E-state index is 0.247. The van der Waals surface area contributed by atoms with Crippen LogP contribution in [0, 0.1) is 0 Å². The van der Waals surface area contributed by atoms with Gasteiger partial charge >= 0.3 is 0 Å². The smallest absolute Gasteiger partial charge is 0.240 e. The first-order valence-corrected chi connectivity index (χ1v) is 5.43. The molecule has 2 rings (SSSR count). The SMILES string of the molecule is CN1CCC(Oc2ccnc(NN)n2)CC1. The van der Waals surface area contributed by atoms with Gasteiger partial charge < -0.3 is 9.64 Å². The van der Waals surface area contributed by atoms with Crippen molar-refractivity contribution in [1.29, 1.82) is 0 Å². The van der Waals surface area contributed by atoms with Crippen LogP contribution in [0.3, 0.4) is 0 Å². The molecule has 0 amide bonds. The molecule has 3 N–H and O–H groups in total. The number of aromatic nitrogens is 2. The van der Waals surface area contributed by atoms with Gasteiger partial charge in [-0.3, -0.25) is 5.43 Å². The molecule has 0 unspecified atom stereocenters. The first kappa shape index (κ1) is 11.1. The number of hydrazine groups is 1. The fourth-order valence-corrected chi connectivity index (χ4v) is 1.75. The summed E-state index contributed by atoms with van der Waals surface area (Å²) in [6.07, 6.45) is 3.95. The van der Waals surface area contributed by atoms with Crippen molar-refractivity contribution in [2.75, 3.05) is 25.6 Å². The maximum absolute atomic E-state index is 5.77. The molecule has 0 saturated carbocycles. The van der Waals surface area contributed by atoms with Crippen LogP contribution in [0.1, 0.15) is 12.8 Å². The molecular formula is C10H17N5O. The van der Waals surface area contributed by atoms with E-state index in [-0.39, 0.29) is 6.10 Å². The van der Waals surface area contributed by atoms with Crippen molar-refractivity contribution in [1.82, 2.24) is 14.9 Å². The molecule has 6 nitrogen and oxygen atoms in total. The second-order valence-electron chi connectivity index (χ2n) is 3.98. The number of nitrogens with zero attached hydrogens (tertiary/aromatic N) is 3. The van der Waals surface area contributed by atoms with Gasteiger partial charge in [0.2, 0.25) is 11.8 Å². The van der Waals surface area contributed by atoms with Crippen molar-refractivity contribution in [2.24, 2.45) is 5.84 Å². The summed E-state index contributed by atoms with van der Waals surface area (Å²) in [6.45, 7) is 2.13. The number of nitrogens with one attached hydrogen (secondary N) is 1. The third-order valence-corrected chi connectivity index (χ3v) is 2.71. The normalized spacial score (nSPS) is 18.4. The number of anilines is 1. The van der Waals surface area contributed by atoms with E-state index in [0.29, 0.717) is 11.8 Å². The second kappa shape index (κ2) is 5.09. The summed E-state index contributed by atoms with van der Waals surface area (Å²) in [5.41, 5.74) is 2.40. The quantitative estimate of drug-likeness (QED) is 0.564. The van der Waals surface area contributed by atoms with E-state index in [9.17, 15) is 0 Å². The molecule has 6 heteroatoms. The Morgan fingerprint density at radius 1 is 1.50 bits per heavy atom. The van der Waals surface area contributed by atoms with Gasteiger partial charge in [-0.1, -0.05) is 0 Å². The van der Waals surface area contributed by atoms with Gasteiger partial charge in [0.25, 0.3) is 0 Å². The lowest BCUT2D eigenvalue weighted by Crippen LogP contribution is -2.35. The lowest BCUT2D eigenvalue weighted by Gasteiger charge is -2.28. The number of likely N-dealkylation sites (tertiary alicyclic amines) is 1. The summed E-state index contributed by atoms with van der Waals surface area (Å²) in [4.78, 5) is 10.3. The molecule has 2 heterocycles. The van der Waals surface area contributed by atoms with Crippen LogP contribution in [-0.4, -0.2) is 41.1 Å². The lowest BCUT2D eigenvalue weighted by atomic mass is 10.1. The Morgan fingerprint density at radius 3 is 2.94 bits per heavy atom. The molecule has 1 aliphatic heterocycles. The monoisotopic (exact) mass is 223 g/mol. The van der Waals surface area contributed by atoms with Crippen molar-refractivity contribution >= 4 is 5.95 Å². The average Bonchev–Trinajstić information content (AvgIpc) is 2.32. The summed E-state index contributed by atoms with van der Waals surface area (Å²) in [5.74, 6) is 6.19. The van der Waals surface area contributed by atoms with Crippen LogP contribution in [0.2, 0.25) is 0 Å². The number of hydrogen-bond acceptors (Lipinski definition) is 6. The zero-order valence-electron chi connectivity index (χ0n) is 9.39. The van der Waals surface area contributed by atoms with E-state index in [0.717, 1.165) is 25.9 Å². The molecule has 1 aliphatic rings. The zero-order valence-corrected chi connectivity index (χ0v) is 9.39. The van der Waals surface area contributed by atoms with Gasteiger partial charge in [-0.15, -0.1) is 0 Å². The van der Waals surface area contributed by atoms with Crippen LogP contribution in [0.25, 0.3) is 0 Å². The Balaban J connectivity index is 1.93. The predicted octanol–water partition coefficient (Wildman–Crippen LogP) is 0.235. The molecule has 88 valence electrons. The van der Waals surface area contributed by atoms with Gasteiger partial charge in [0.1, 0.15) is 6.10 Å². The van der Waals surface area contributed by atoms with Gasteiger partial charge in [-0.05, 0) is 19.9 Å². The Kier molecular flexibility index (Phi) is 3.53. The van der Waals surface area contributed by atoms with Crippen molar-refractivity contribution in [2.45, 2.75) is 18.9 Å². The Labute approximate surface area is 94.8 Å². The summed E-state index contributed by atoms with van der Waals surface area (Å²) >= 11 is 0. The molecular weight excluding hydrogens is 206 g/mol. The molecule has 0 radical (unpaired) electrons. The largest absolute Gasteiger partial charge is 0.474 e. The van der Waals surface area contributed by atoms with E-state index in [1.165, 1.54) is 0 Å². The summed E-state index contributed by atoms with van der Waals surface area (Å²) in [6, 6.07) is 1.75. The number of ether oxygens (including phenoxy) is 1. The van der Waals surface area contributed by atoms with Crippen LogP contribution in [0.15, 0.2) is 12.3 Å². The minimum Gasteiger partial charge on any atom is -0.474 e. The van der Waals surface area contributed by atoms with Gasteiger partial charge in [-0.25, -0.2) is 10.8 Å². The standard InChI is InChI=1S/C10H17N5O/c1-15-6-3-8(4-7-15)16-9-2-5-12-10(13-9)14-11/h2,5,8H,3-4,6-7,11H2,1H3,(H,12,13,14). The zero-order chi connectivity index (χ0) is 11.4. The highest BCUT2D eigenvalue weighted by Crippen LogP contribution is 2.16. The maximum Gasteiger partial charge on any atom is 0.240 e. The number of hydrogen-bond donors (Lipinski definition) is 2. The molecule has 1 saturated heterocycles. The summed E-state index contributed by atoms with van der Waals surface area (Å²) in [5, 5.41) is 0. The number of nitrogen functional groups attached to an aromatic ring is 1. The Bertz CT molecular complexity index is 338. The van der Waals surface area contributed by atoms with E-state index in [1.54, 1.807) is 12.3 Å². The van der Waals surface area contributed by atoms with Gasteiger partial charge in [-0.2, -0.15) is 4.98 Å². The molecule has 0 bridgehead atoms. The van der Waals surface area contributed by atoms with Crippen molar-refractivity contribution in [3.05, 3.63) is 12.3 Å². The second-order valence-corrected chi connectivity index (χ2v) is 3.98. The van der Waals surface area contributed by atoms with Crippen LogP contribution >= 0.6 is 0 Å². The maximum atomic E-state index is 5.77. The van der Waals surface area contributed by atoms with Crippen molar-refractivity contribution < 1.29 is 4.74 Å². The van der Waals surface area contributed by atoms with E-state index in [2.05, 4.69) is 27.3 Å². The molecule has 0 aromatic carbocycles. The third-order valence-electron chi connectivity index (χ3n) is 2.71. The average molecular weight is 223 g/mol.